The van der Waals surface area contributed by atoms with Crippen molar-refractivity contribution in [3.05, 3.63) is 88.8 Å². The highest BCUT2D eigenvalue weighted by atomic mass is 35.5. The number of benzene rings is 3. The van der Waals surface area contributed by atoms with Crippen molar-refractivity contribution in [2.45, 2.75) is 13.1 Å². The van der Waals surface area contributed by atoms with Gasteiger partial charge in [0.15, 0.2) is 0 Å². The topological polar surface area (TPSA) is 37.6 Å². The smallest absolute Gasteiger partial charge is 0.142 e. The summed E-state index contributed by atoms with van der Waals surface area (Å²) in [4.78, 5) is 2.23. The summed E-state index contributed by atoms with van der Waals surface area (Å²) in [7, 11) is 0. The van der Waals surface area contributed by atoms with Crippen molar-refractivity contribution in [2.24, 2.45) is 0 Å². The quantitative estimate of drug-likeness (QED) is 0.472. The van der Waals surface area contributed by atoms with Crippen LogP contribution in [0.3, 0.4) is 0 Å². The highest BCUT2D eigenvalue weighted by Gasteiger charge is 2.20. The molecule has 0 spiro atoms. The molecule has 0 radical (unpaired) electrons. The summed E-state index contributed by atoms with van der Waals surface area (Å²) in [5.74, 6) is 0.733. The minimum atomic E-state index is -0.256. The Morgan fingerprint density at radius 2 is 1.93 bits per heavy atom. The van der Waals surface area contributed by atoms with Crippen LogP contribution in [0.5, 0.6) is 11.5 Å². The molecule has 0 amide bonds. The second-order valence-electron chi connectivity index (χ2n) is 7.49. The van der Waals surface area contributed by atoms with E-state index in [1.165, 1.54) is 12.1 Å². The number of ether oxygens (including phenoxy) is 1. The third-order valence-corrected chi connectivity index (χ3v) is 5.75. The summed E-state index contributed by atoms with van der Waals surface area (Å²) in [5, 5.41) is 11.5. The number of hydrogen-bond acceptors (Lipinski definition) is 3. The van der Waals surface area contributed by atoms with E-state index in [0.717, 1.165) is 34.3 Å². The van der Waals surface area contributed by atoms with Crippen LogP contribution in [0.1, 0.15) is 11.1 Å². The molecule has 0 atom stereocenters. The molecule has 2 heterocycles. The monoisotopic (exact) mass is 422 g/mol. The zero-order valence-corrected chi connectivity index (χ0v) is 16.9. The molecule has 30 heavy (non-hydrogen) atoms. The number of aromatic nitrogens is 1. The van der Waals surface area contributed by atoms with Crippen LogP contribution in [0, 0.1) is 5.82 Å². The van der Waals surface area contributed by atoms with Crippen LogP contribution in [0.15, 0.2) is 66.9 Å². The van der Waals surface area contributed by atoms with Gasteiger partial charge < -0.3 is 14.4 Å². The molecule has 1 N–H and O–H groups in total. The van der Waals surface area contributed by atoms with Crippen molar-refractivity contribution in [3.63, 3.8) is 0 Å². The van der Waals surface area contributed by atoms with E-state index in [-0.39, 0.29) is 5.82 Å². The second kappa shape index (κ2) is 7.67. The van der Waals surface area contributed by atoms with Crippen LogP contribution < -0.4 is 4.74 Å². The molecular weight excluding hydrogens is 403 g/mol. The van der Waals surface area contributed by atoms with Gasteiger partial charge in [0.25, 0.3) is 0 Å². The van der Waals surface area contributed by atoms with Gasteiger partial charge in [0.1, 0.15) is 23.9 Å². The summed E-state index contributed by atoms with van der Waals surface area (Å²) in [5.41, 5.74) is 3.66. The van der Waals surface area contributed by atoms with Crippen LogP contribution in [0.2, 0.25) is 5.02 Å². The molecule has 3 aromatic carbocycles. The lowest BCUT2D eigenvalue weighted by Gasteiger charge is -2.20. The van der Waals surface area contributed by atoms with Crippen molar-refractivity contribution < 1.29 is 14.2 Å². The maximum Gasteiger partial charge on any atom is 0.142 e. The fraction of sp³-hybridized carbons (Fsp3) is 0.167. The van der Waals surface area contributed by atoms with Gasteiger partial charge in [0, 0.05) is 48.0 Å². The Morgan fingerprint density at radius 1 is 1.07 bits per heavy atom. The molecular formula is C24H20ClFN2O2. The third-order valence-electron chi connectivity index (χ3n) is 5.47. The lowest BCUT2D eigenvalue weighted by atomic mass is 10.1. The maximum atomic E-state index is 13.6. The largest absolute Gasteiger partial charge is 0.508 e. The number of rotatable bonds is 3. The van der Waals surface area contributed by atoms with Crippen molar-refractivity contribution >= 4 is 22.5 Å². The van der Waals surface area contributed by atoms with Crippen LogP contribution in [0.25, 0.3) is 16.6 Å². The predicted octanol–water partition coefficient (Wildman–Crippen LogP) is 5.52. The van der Waals surface area contributed by atoms with E-state index in [4.69, 9.17) is 16.3 Å². The molecule has 0 fully saturated rings. The molecule has 1 aromatic heterocycles. The van der Waals surface area contributed by atoms with Crippen molar-refractivity contribution in [1.82, 2.24) is 9.47 Å². The molecule has 0 bridgehead atoms. The highest BCUT2D eigenvalue weighted by Crippen LogP contribution is 2.36. The Bertz CT molecular complexity index is 1240. The number of aromatic hydroxyl groups is 1. The minimum Gasteiger partial charge on any atom is -0.508 e. The molecule has 4 nitrogen and oxygen atoms in total. The minimum absolute atomic E-state index is 0.256. The first-order chi connectivity index (χ1) is 14.6. The van der Waals surface area contributed by atoms with E-state index in [9.17, 15) is 9.50 Å². The highest BCUT2D eigenvalue weighted by molar-refractivity contribution is 6.32. The third kappa shape index (κ3) is 3.51. The van der Waals surface area contributed by atoms with Gasteiger partial charge in [-0.3, -0.25) is 4.90 Å². The number of phenolic OH excluding ortho intramolecular Hbond substituents is 1. The van der Waals surface area contributed by atoms with E-state index >= 15 is 0 Å². The van der Waals surface area contributed by atoms with Crippen molar-refractivity contribution in [2.75, 3.05) is 13.2 Å². The number of nitrogens with zero attached hydrogens (tertiary/aromatic N) is 2. The SMILES string of the molecule is Oc1ccccc1CN1CCOc2c(Cl)cc(-n3ccc4cc(F)ccc43)cc2C1. The fourth-order valence-electron chi connectivity index (χ4n) is 4.01. The summed E-state index contributed by atoms with van der Waals surface area (Å²) in [6, 6.07) is 17.9. The van der Waals surface area contributed by atoms with E-state index in [1.807, 2.05) is 41.1 Å². The molecule has 0 saturated carbocycles. The van der Waals surface area contributed by atoms with Gasteiger partial charge in [-0.2, -0.15) is 0 Å². The van der Waals surface area contributed by atoms with E-state index in [1.54, 1.807) is 12.1 Å². The first-order valence-corrected chi connectivity index (χ1v) is 10.2. The van der Waals surface area contributed by atoms with Gasteiger partial charge in [-0.15, -0.1) is 0 Å². The Morgan fingerprint density at radius 3 is 2.80 bits per heavy atom. The van der Waals surface area contributed by atoms with Crippen molar-refractivity contribution in [1.29, 1.82) is 0 Å². The summed E-state index contributed by atoms with van der Waals surface area (Å²) in [6.07, 6.45) is 1.92. The zero-order valence-electron chi connectivity index (χ0n) is 16.2. The number of fused-ring (bicyclic) bond motifs is 2. The Hall–Kier alpha value is -3.02. The van der Waals surface area contributed by atoms with E-state index in [2.05, 4.69) is 11.0 Å². The lowest BCUT2D eigenvalue weighted by molar-refractivity contribution is 0.218. The average molecular weight is 423 g/mol. The van der Waals surface area contributed by atoms with Gasteiger partial charge >= 0.3 is 0 Å². The normalized spacial score (nSPS) is 14.3. The summed E-state index contributed by atoms with van der Waals surface area (Å²) >= 11 is 6.59. The second-order valence-corrected chi connectivity index (χ2v) is 7.90. The zero-order chi connectivity index (χ0) is 20.7. The molecule has 1 aliphatic heterocycles. The molecule has 0 aliphatic carbocycles. The molecule has 5 rings (SSSR count). The Kier molecular flexibility index (Phi) is 4.85. The van der Waals surface area contributed by atoms with Crippen LogP contribution in [-0.4, -0.2) is 27.7 Å². The number of hydrogen-bond donors (Lipinski definition) is 1. The molecule has 1 aliphatic rings. The first kappa shape index (κ1) is 19.0. The van der Waals surface area contributed by atoms with Crippen LogP contribution in [-0.2, 0) is 13.1 Å². The lowest BCUT2D eigenvalue weighted by Crippen LogP contribution is -2.25. The molecule has 152 valence electrons. The van der Waals surface area contributed by atoms with Gasteiger partial charge in [-0.05, 0) is 42.5 Å². The summed E-state index contributed by atoms with van der Waals surface area (Å²) in [6.45, 7) is 2.50. The van der Waals surface area contributed by atoms with Crippen LogP contribution in [0.4, 0.5) is 4.39 Å². The van der Waals surface area contributed by atoms with Gasteiger partial charge in [0.05, 0.1) is 10.5 Å². The average Bonchev–Trinajstić information content (AvgIpc) is 3.02. The van der Waals surface area contributed by atoms with E-state index < -0.39 is 0 Å². The Balaban J connectivity index is 1.51. The van der Waals surface area contributed by atoms with Crippen molar-refractivity contribution in [3.8, 4) is 17.2 Å². The summed E-state index contributed by atoms with van der Waals surface area (Å²) < 4.78 is 21.5. The fourth-order valence-corrected chi connectivity index (χ4v) is 4.30. The number of para-hydroxylation sites is 1. The molecule has 0 unspecified atom stereocenters. The Labute approximate surface area is 178 Å². The van der Waals surface area contributed by atoms with E-state index in [0.29, 0.717) is 36.2 Å². The number of halogens is 2. The maximum absolute atomic E-state index is 13.6. The molecule has 0 saturated heterocycles. The van der Waals surface area contributed by atoms with Gasteiger partial charge in [-0.25, -0.2) is 4.39 Å². The molecule has 4 aromatic rings. The number of phenols is 1. The van der Waals surface area contributed by atoms with Gasteiger partial charge in [0.2, 0.25) is 0 Å². The first-order valence-electron chi connectivity index (χ1n) is 9.80. The van der Waals surface area contributed by atoms with Crippen LogP contribution >= 0.6 is 11.6 Å². The molecule has 6 heteroatoms. The van der Waals surface area contributed by atoms with Gasteiger partial charge in [-0.1, -0.05) is 29.8 Å². The predicted molar refractivity (Wildman–Crippen MR) is 116 cm³/mol. The standard InChI is InChI=1S/C24H20ClFN2O2/c25-21-13-20(28-8-7-16-11-19(26)5-6-22(16)28)12-18-15-27(9-10-30-24(18)21)14-17-3-1-2-4-23(17)29/h1-8,11-13,29H,9-10,14-15H2.